The third kappa shape index (κ3) is 5.68. The van der Waals surface area contributed by atoms with Gasteiger partial charge in [-0.3, -0.25) is 0 Å². The lowest BCUT2D eigenvalue weighted by Gasteiger charge is -2.19. The molecule has 102 valence electrons. The molecule has 1 unspecified atom stereocenters. The Morgan fingerprint density at radius 2 is 1.78 bits per heavy atom. The Kier molecular flexibility index (Phi) is 5.40. The second-order valence-electron chi connectivity index (χ2n) is 6.84. The Balaban J connectivity index is 2.40. The van der Waals surface area contributed by atoms with Crippen molar-refractivity contribution < 1.29 is 0 Å². The fourth-order valence-electron chi connectivity index (χ4n) is 2.23. The fourth-order valence-corrected chi connectivity index (χ4v) is 2.23. The number of hydrogen-bond donors (Lipinski definition) is 1. The van der Waals surface area contributed by atoms with Crippen LogP contribution in [0.1, 0.15) is 56.7 Å². The van der Waals surface area contributed by atoms with Gasteiger partial charge in [-0.15, -0.1) is 0 Å². The summed E-state index contributed by atoms with van der Waals surface area (Å²) in [6.07, 6.45) is 4.62. The number of benzene rings is 1. The maximum absolute atomic E-state index is 6.22. The van der Waals surface area contributed by atoms with Crippen LogP contribution < -0.4 is 5.73 Å². The van der Waals surface area contributed by atoms with Crippen molar-refractivity contribution in [1.82, 2.24) is 0 Å². The number of hydrogen-bond acceptors (Lipinski definition) is 1. The van der Waals surface area contributed by atoms with Crippen molar-refractivity contribution >= 4 is 0 Å². The van der Waals surface area contributed by atoms with Crippen LogP contribution >= 0.6 is 0 Å². The number of nitrogens with two attached hydrogens (primary N) is 1. The largest absolute Gasteiger partial charge is 0.327 e. The molecule has 2 N–H and O–H groups in total. The van der Waals surface area contributed by atoms with Crippen LogP contribution in [0.4, 0.5) is 0 Å². The molecule has 0 aliphatic carbocycles. The molecule has 1 nitrogen and oxygen atoms in total. The van der Waals surface area contributed by atoms with E-state index in [4.69, 9.17) is 5.73 Å². The highest BCUT2D eigenvalue weighted by Gasteiger charge is 2.11. The summed E-state index contributed by atoms with van der Waals surface area (Å²) < 4.78 is 0. The van der Waals surface area contributed by atoms with E-state index < -0.39 is 0 Å². The Hall–Kier alpha value is -0.820. The minimum atomic E-state index is 0.300. The molecule has 1 heteroatoms. The lowest BCUT2D eigenvalue weighted by Crippen LogP contribution is -2.23. The Morgan fingerprint density at radius 3 is 2.33 bits per heavy atom. The van der Waals surface area contributed by atoms with Gasteiger partial charge in [-0.25, -0.2) is 0 Å². The average Bonchev–Trinajstić information content (AvgIpc) is 2.21. The molecule has 0 saturated heterocycles. The molecule has 0 amide bonds. The first-order chi connectivity index (χ1) is 8.28. The highest BCUT2D eigenvalue weighted by Crippen LogP contribution is 2.22. The molecule has 0 radical (unpaired) electrons. The summed E-state index contributed by atoms with van der Waals surface area (Å²) >= 11 is 0. The first-order valence-corrected chi connectivity index (χ1v) is 7.09. The summed E-state index contributed by atoms with van der Waals surface area (Å²) in [6, 6.07) is 6.99. The number of aryl methyl sites for hydroxylation is 2. The molecule has 1 atom stereocenters. The van der Waals surface area contributed by atoms with Crippen molar-refractivity contribution in [2.24, 2.45) is 11.1 Å². The Morgan fingerprint density at radius 1 is 1.11 bits per heavy atom. The molecule has 0 saturated carbocycles. The zero-order valence-electron chi connectivity index (χ0n) is 12.7. The molecule has 0 fully saturated rings. The van der Waals surface area contributed by atoms with E-state index in [0.29, 0.717) is 11.5 Å². The summed E-state index contributed by atoms with van der Waals surface area (Å²) in [5, 5.41) is 0. The highest BCUT2D eigenvalue weighted by molar-refractivity contribution is 5.30. The normalized spacial score (nSPS) is 13.7. The van der Waals surface area contributed by atoms with E-state index in [9.17, 15) is 0 Å². The first kappa shape index (κ1) is 15.2. The van der Waals surface area contributed by atoms with Gasteiger partial charge in [0.05, 0.1) is 0 Å². The van der Waals surface area contributed by atoms with Crippen molar-refractivity contribution in [1.29, 1.82) is 0 Å². The Bertz CT molecular complexity index is 374. The summed E-state index contributed by atoms with van der Waals surface area (Å²) in [6.45, 7) is 11.2. The van der Waals surface area contributed by atoms with E-state index in [1.807, 2.05) is 0 Å². The van der Waals surface area contributed by atoms with Crippen molar-refractivity contribution in [2.45, 2.75) is 66.3 Å². The smallest absolute Gasteiger partial charge is 0.00793 e. The van der Waals surface area contributed by atoms with E-state index in [-0.39, 0.29) is 0 Å². The summed E-state index contributed by atoms with van der Waals surface area (Å²) in [5.41, 5.74) is 10.8. The van der Waals surface area contributed by atoms with Gasteiger partial charge in [-0.2, -0.15) is 0 Å². The summed E-state index contributed by atoms with van der Waals surface area (Å²) in [7, 11) is 0. The summed E-state index contributed by atoms with van der Waals surface area (Å²) in [5.74, 6) is 0. The molecule has 0 aliphatic rings. The molecular formula is C17H29N. The minimum Gasteiger partial charge on any atom is -0.327 e. The van der Waals surface area contributed by atoms with Crippen LogP contribution in [0.25, 0.3) is 0 Å². The molecule has 0 bridgehead atoms. The second kappa shape index (κ2) is 6.38. The van der Waals surface area contributed by atoms with Crippen LogP contribution in [-0.4, -0.2) is 6.04 Å². The van der Waals surface area contributed by atoms with Crippen molar-refractivity contribution in [3.8, 4) is 0 Å². The predicted molar refractivity (Wildman–Crippen MR) is 80.9 cm³/mol. The van der Waals surface area contributed by atoms with Gasteiger partial charge in [0.25, 0.3) is 0 Å². The number of rotatable bonds is 5. The molecular weight excluding hydrogens is 218 g/mol. The Labute approximate surface area is 113 Å². The van der Waals surface area contributed by atoms with Gasteiger partial charge < -0.3 is 5.73 Å². The SMILES string of the molecule is Cc1ccc(CC(N)CCCC(C)(C)C)cc1C. The van der Waals surface area contributed by atoms with Gasteiger partial charge in [0.2, 0.25) is 0 Å². The topological polar surface area (TPSA) is 26.0 Å². The van der Waals surface area contributed by atoms with E-state index >= 15 is 0 Å². The summed E-state index contributed by atoms with van der Waals surface area (Å²) in [4.78, 5) is 0. The van der Waals surface area contributed by atoms with Crippen LogP contribution in [0.2, 0.25) is 0 Å². The first-order valence-electron chi connectivity index (χ1n) is 7.09. The van der Waals surface area contributed by atoms with E-state index in [2.05, 4.69) is 52.8 Å². The molecule has 1 aromatic rings. The van der Waals surface area contributed by atoms with E-state index in [1.54, 1.807) is 0 Å². The maximum atomic E-state index is 6.22. The quantitative estimate of drug-likeness (QED) is 0.820. The highest BCUT2D eigenvalue weighted by atomic mass is 14.6. The van der Waals surface area contributed by atoms with Crippen molar-refractivity contribution in [3.63, 3.8) is 0 Å². The van der Waals surface area contributed by atoms with Gasteiger partial charge >= 0.3 is 0 Å². The van der Waals surface area contributed by atoms with Crippen molar-refractivity contribution in [3.05, 3.63) is 34.9 Å². The molecule has 0 aliphatic heterocycles. The minimum absolute atomic E-state index is 0.300. The lowest BCUT2D eigenvalue weighted by molar-refractivity contribution is 0.352. The fraction of sp³-hybridized carbons (Fsp3) is 0.647. The van der Waals surface area contributed by atoms with Crippen LogP contribution in [-0.2, 0) is 6.42 Å². The molecule has 0 heterocycles. The monoisotopic (exact) mass is 247 g/mol. The second-order valence-corrected chi connectivity index (χ2v) is 6.84. The standard InChI is InChI=1S/C17H29N/c1-13-8-9-15(11-14(13)2)12-16(18)7-6-10-17(3,4)5/h8-9,11,16H,6-7,10,12,18H2,1-5H3. The van der Waals surface area contributed by atoms with E-state index in [0.717, 1.165) is 12.8 Å². The molecule has 1 aromatic carbocycles. The molecule has 0 aromatic heterocycles. The van der Waals surface area contributed by atoms with Gasteiger partial charge in [0.1, 0.15) is 0 Å². The van der Waals surface area contributed by atoms with Gasteiger partial charge in [-0.05, 0) is 55.2 Å². The maximum Gasteiger partial charge on any atom is 0.00793 e. The zero-order chi connectivity index (χ0) is 13.8. The third-order valence-electron chi connectivity index (χ3n) is 3.57. The van der Waals surface area contributed by atoms with Gasteiger partial charge in [0, 0.05) is 6.04 Å². The molecule has 0 spiro atoms. The van der Waals surface area contributed by atoms with Crippen LogP contribution in [0.5, 0.6) is 0 Å². The van der Waals surface area contributed by atoms with Crippen LogP contribution in [0.15, 0.2) is 18.2 Å². The zero-order valence-corrected chi connectivity index (χ0v) is 12.7. The van der Waals surface area contributed by atoms with Gasteiger partial charge in [0.15, 0.2) is 0 Å². The van der Waals surface area contributed by atoms with Crippen LogP contribution in [0.3, 0.4) is 0 Å². The van der Waals surface area contributed by atoms with E-state index in [1.165, 1.54) is 29.5 Å². The lowest BCUT2D eigenvalue weighted by atomic mass is 9.88. The predicted octanol–water partition coefficient (Wildman–Crippen LogP) is 4.39. The molecule has 18 heavy (non-hydrogen) atoms. The average molecular weight is 247 g/mol. The van der Waals surface area contributed by atoms with Crippen LogP contribution in [0, 0.1) is 19.3 Å². The van der Waals surface area contributed by atoms with Gasteiger partial charge in [-0.1, -0.05) is 45.4 Å². The third-order valence-corrected chi connectivity index (χ3v) is 3.57. The molecule has 1 rings (SSSR count). The van der Waals surface area contributed by atoms with Crippen molar-refractivity contribution in [2.75, 3.05) is 0 Å².